The quantitative estimate of drug-likeness (QED) is 0.900. The van der Waals surface area contributed by atoms with Crippen molar-refractivity contribution in [2.24, 2.45) is 0 Å². The van der Waals surface area contributed by atoms with Crippen molar-refractivity contribution in [2.75, 3.05) is 25.0 Å². The monoisotopic (exact) mass is 364 g/mol. The first-order valence-electron chi connectivity index (χ1n) is 8.09. The van der Waals surface area contributed by atoms with E-state index >= 15 is 0 Å². The molecule has 0 radical (unpaired) electrons. The fraction of sp³-hybridized carbons (Fsp3) is 0.471. The van der Waals surface area contributed by atoms with Gasteiger partial charge in [0.15, 0.2) is 0 Å². The third-order valence-corrected chi connectivity index (χ3v) is 5.71. The molecule has 0 unspecified atom stereocenters. The molecule has 1 amide bonds. The molecule has 1 aliphatic heterocycles. The SMILES string of the molecule is Cc1nnc(C2CCN(CC(=O)Nc3ccc(C)c(Cl)c3)CC2)s1. The highest BCUT2D eigenvalue weighted by Gasteiger charge is 2.24. The van der Waals surface area contributed by atoms with Crippen molar-refractivity contribution in [2.45, 2.75) is 32.6 Å². The van der Waals surface area contributed by atoms with Crippen molar-refractivity contribution < 1.29 is 4.79 Å². The number of carbonyl (C=O) groups is 1. The molecule has 7 heteroatoms. The summed E-state index contributed by atoms with van der Waals surface area (Å²) in [5, 5.41) is 14.1. The van der Waals surface area contributed by atoms with Crippen LogP contribution >= 0.6 is 22.9 Å². The van der Waals surface area contributed by atoms with Crippen molar-refractivity contribution in [3.8, 4) is 0 Å². The Hall–Kier alpha value is -1.50. The second kappa shape index (κ2) is 7.59. The number of likely N-dealkylation sites (tertiary alicyclic amines) is 1. The lowest BCUT2D eigenvalue weighted by molar-refractivity contribution is -0.117. The van der Waals surface area contributed by atoms with Crippen molar-refractivity contribution in [1.29, 1.82) is 0 Å². The third-order valence-electron chi connectivity index (χ3n) is 4.30. The molecule has 1 fully saturated rings. The number of nitrogens with zero attached hydrogens (tertiary/aromatic N) is 3. The second-order valence-corrected chi connectivity index (χ2v) is 7.84. The number of rotatable bonds is 4. The van der Waals surface area contributed by atoms with Gasteiger partial charge in [-0.05, 0) is 57.5 Å². The number of hydrogen-bond donors (Lipinski definition) is 1. The van der Waals surface area contributed by atoms with E-state index in [-0.39, 0.29) is 5.91 Å². The van der Waals surface area contributed by atoms with Crippen molar-refractivity contribution >= 4 is 34.5 Å². The molecule has 0 aliphatic carbocycles. The molecular weight excluding hydrogens is 344 g/mol. The smallest absolute Gasteiger partial charge is 0.238 e. The van der Waals surface area contributed by atoms with Crippen LogP contribution in [-0.4, -0.2) is 40.6 Å². The predicted octanol–water partition coefficient (Wildman–Crippen LogP) is 3.63. The summed E-state index contributed by atoms with van der Waals surface area (Å²) in [7, 11) is 0. The summed E-state index contributed by atoms with van der Waals surface area (Å²) in [5.74, 6) is 0.478. The zero-order valence-corrected chi connectivity index (χ0v) is 15.5. The van der Waals surface area contributed by atoms with Crippen LogP contribution in [0.1, 0.15) is 34.3 Å². The van der Waals surface area contributed by atoms with E-state index in [9.17, 15) is 4.79 Å². The lowest BCUT2D eigenvalue weighted by atomic mass is 9.98. The fourth-order valence-corrected chi connectivity index (χ4v) is 3.94. The number of nitrogens with one attached hydrogen (secondary N) is 1. The predicted molar refractivity (Wildman–Crippen MR) is 97.9 cm³/mol. The van der Waals surface area contributed by atoms with Crippen molar-refractivity contribution in [3.05, 3.63) is 38.8 Å². The number of benzene rings is 1. The highest BCUT2D eigenvalue weighted by Crippen LogP contribution is 2.29. The van der Waals surface area contributed by atoms with E-state index in [2.05, 4.69) is 20.4 Å². The number of piperidine rings is 1. The van der Waals surface area contributed by atoms with Crippen LogP contribution in [0.15, 0.2) is 18.2 Å². The Morgan fingerprint density at radius 2 is 2.08 bits per heavy atom. The van der Waals surface area contributed by atoms with Crippen LogP contribution in [0.2, 0.25) is 5.02 Å². The van der Waals surface area contributed by atoms with E-state index in [0.717, 1.165) is 47.2 Å². The molecule has 0 bridgehead atoms. The molecule has 2 heterocycles. The van der Waals surface area contributed by atoms with Crippen LogP contribution in [0.25, 0.3) is 0 Å². The topological polar surface area (TPSA) is 58.1 Å². The minimum absolute atomic E-state index is 0.000120. The Morgan fingerprint density at radius 3 is 2.71 bits per heavy atom. The second-order valence-electron chi connectivity index (χ2n) is 6.22. The standard InChI is InChI=1S/C17H21ClN4OS/c1-11-3-4-14(9-15(11)18)19-16(23)10-22-7-5-13(6-8-22)17-21-20-12(2)24-17/h3-4,9,13H,5-8,10H2,1-2H3,(H,19,23). The van der Waals surface area contributed by atoms with Crippen LogP contribution in [0.4, 0.5) is 5.69 Å². The lowest BCUT2D eigenvalue weighted by Gasteiger charge is -2.30. The Kier molecular flexibility index (Phi) is 5.48. The maximum atomic E-state index is 12.2. The molecule has 0 spiro atoms. The number of carbonyl (C=O) groups excluding carboxylic acids is 1. The summed E-state index contributed by atoms with van der Waals surface area (Å²) in [6.07, 6.45) is 2.05. The number of hydrogen-bond acceptors (Lipinski definition) is 5. The molecule has 1 aliphatic rings. The molecule has 1 saturated heterocycles. The van der Waals surface area contributed by atoms with Crippen LogP contribution in [-0.2, 0) is 4.79 Å². The summed E-state index contributed by atoms with van der Waals surface area (Å²) in [6.45, 7) is 6.15. The van der Waals surface area contributed by atoms with Gasteiger partial charge in [-0.25, -0.2) is 0 Å². The van der Waals surface area contributed by atoms with Crippen molar-refractivity contribution in [1.82, 2.24) is 15.1 Å². The molecule has 3 rings (SSSR count). The van der Waals surface area contributed by atoms with E-state index in [1.54, 1.807) is 17.4 Å². The average Bonchev–Trinajstić information content (AvgIpc) is 2.98. The van der Waals surface area contributed by atoms with Crippen LogP contribution in [0.5, 0.6) is 0 Å². The molecule has 0 atom stereocenters. The minimum Gasteiger partial charge on any atom is -0.325 e. The zero-order chi connectivity index (χ0) is 17.1. The van der Waals surface area contributed by atoms with Gasteiger partial charge in [0.05, 0.1) is 6.54 Å². The summed E-state index contributed by atoms with van der Waals surface area (Å²) in [4.78, 5) is 14.4. The van der Waals surface area contributed by atoms with Gasteiger partial charge in [-0.2, -0.15) is 0 Å². The van der Waals surface area contributed by atoms with E-state index in [4.69, 9.17) is 11.6 Å². The summed E-state index contributed by atoms with van der Waals surface area (Å²) < 4.78 is 0. The van der Waals surface area contributed by atoms with E-state index in [1.165, 1.54) is 0 Å². The van der Waals surface area contributed by atoms with Crippen LogP contribution in [0.3, 0.4) is 0 Å². The number of aryl methyl sites for hydroxylation is 2. The van der Waals surface area contributed by atoms with Gasteiger partial charge in [-0.15, -0.1) is 21.5 Å². The van der Waals surface area contributed by atoms with E-state index < -0.39 is 0 Å². The normalized spacial score (nSPS) is 16.3. The van der Waals surface area contributed by atoms with Gasteiger partial charge >= 0.3 is 0 Å². The summed E-state index contributed by atoms with van der Waals surface area (Å²) in [5.41, 5.74) is 1.75. The molecular formula is C17H21ClN4OS. The molecule has 5 nitrogen and oxygen atoms in total. The zero-order valence-electron chi connectivity index (χ0n) is 13.9. The lowest BCUT2D eigenvalue weighted by Crippen LogP contribution is -2.38. The highest BCUT2D eigenvalue weighted by molar-refractivity contribution is 7.11. The Morgan fingerprint density at radius 1 is 1.33 bits per heavy atom. The summed E-state index contributed by atoms with van der Waals surface area (Å²) >= 11 is 7.77. The number of aromatic nitrogens is 2. The third kappa shape index (κ3) is 4.32. The largest absolute Gasteiger partial charge is 0.325 e. The van der Waals surface area contributed by atoms with Gasteiger partial charge in [-0.1, -0.05) is 17.7 Å². The van der Waals surface area contributed by atoms with E-state index in [0.29, 0.717) is 17.5 Å². The first-order valence-corrected chi connectivity index (χ1v) is 9.29. The van der Waals surface area contributed by atoms with Gasteiger partial charge < -0.3 is 5.32 Å². The maximum Gasteiger partial charge on any atom is 0.238 e. The number of halogens is 1. The van der Waals surface area contributed by atoms with E-state index in [1.807, 2.05) is 26.0 Å². The highest BCUT2D eigenvalue weighted by atomic mass is 35.5. The molecule has 2 aromatic rings. The Bertz CT molecular complexity index is 725. The first kappa shape index (κ1) is 17.3. The average molecular weight is 365 g/mol. The minimum atomic E-state index is 0.000120. The molecule has 128 valence electrons. The van der Waals surface area contributed by atoms with Gasteiger partial charge in [-0.3, -0.25) is 9.69 Å². The van der Waals surface area contributed by atoms with Gasteiger partial charge in [0, 0.05) is 16.6 Å². The molecule has 1 aromatic heterocycles. The maximum absolute atomic E-state index is 12.2. The molecule has 1 aromatic carbocycles. The number of anilines is 1. The van der Waals surface area contributed by atoms with Gasteiger partial charge in [0.1, 0.15) is 10.0 Å². The molecule has 24 heavy (non-hydrogen) atoms. The van der Waals surface area contributed by atoms with Gasteiger partial charge in [0.2, 0.25) is 5.91 Å². The van der Waals surface area contributed by atoms with Gasteiger partial charge in [0.25, 0.3) is 0 Å². The fourth-order valence-electron chi connectivity index (χ4n) is 2.89. The summed E-state index contributed by atoms with van der Waals surface area (Å²) in [6, 6.07) is 5.58. The Labute approximate surface area is 151 Å². The van der Waals surface area contributed by atoms with Crippen LogP contribution in [0, 0.1) is 13.8 Å². The first-order chi connectivity index (χ1) is 11.5. The molecule has 1 N–H and O–H groups in total. The number of amides is 1. The van der Waals surface area contributed by atoms with Crippen LogP contribution < -0.4 is 5.32 Å². The van der Waals surface area contributed by atoms with Crippen molar-refractivity contribution in [3.63, 3.8) is 0 Å². The molecule has 0 saturated carbocycles. The Balaban J connectivity index is 1.48.